The van der Waals surface area contributed by atoms with Gasteiger partial charge in [-0.3, -0.25) is 4.79 Å². The molecule has 27 heavy (non-hydrogen) atoms. The fraction of sp³-hybridized carbons (Fsp3) is 0.222. The first kappa shape index (κ1) is 18.2. The van der Waals surface area contributed by atoms with E-state index < -0.39 is 5.97 Å². The van der Waals surface area contributed by atoms with E-state index >= 15 is 0 Å². The number of amides is 1. The summed E-state index contributed by atoms with van der Waals surface area (Å²) in [6, 6.07) is 11.7. The SMILES string of the molecule is CCOc1ccc(NC(=O)COn2nnc3ccc(C(=O)OC)cc32)cc1. The lowest BCUT2D eigenvalue weighted by molar-refractivity contribution is -0.121. The van der Waals surface area contributed by atoms with Gasteiger partial charge in [0.05, 0.1) is 19.3 Å². The molecule has 0 atom stereocenters. The largest absolute Gasteiger partial charge is 0.494 e. The Kier molecular flexibility index (Phi) is 5.50. The summed E-state index contributed by atoms with van der Waals surface area (Å²) in [6.45, 7) is 2.19. The molecule has 1 heterocycles. The van der Waals surface area contributed by atoms with Gasteiger partial charge in [0.2, 0.25) is 0 Å². The third-order valence-electron chi connectivity index (χ3n) is 3.60. The van der Waals surface area contributed by atoms with Gasteiger partial charge in [-0.15, -0.1) is 5.10 Å². The second-order valence-corrected chi connectivity index (χ2v) is 5.44. The number of hydrogen-bond acceptors (Lipinski definition) is 7. The van der Waals surface area contributed by atoms with Crippen LogP contribution in [0.2, 0.25) is 0 Å². The second kappa shape index (κ2) is 8.17. The van der Waals surface area contributed by atoms with Crippen LogP contribution in [0, 0.1) is 0 Å². The van der Waals surface area contributed by atoms with Crippen molar-refractivity contribution in [3.8, 4) is 5.75 Å². The zero-order valence-corrected chi connectivity index (χ0v) is 14.8. The molecular formula is C18H18N4O5. The Balaban J connectivity index is 1.63. The molecule has 0 radical (unpaired) electrons. The number of rotatable bonds is 7. The number of nitrogens with one attached hydrogen (secondary N) is 1. The van der Waals surface area contributed by atoms with Crippen LogP contribution < -0.4 is 14.9 Å². The van der Waals surface area contributed by atoms with E-state index in [-0.39, 0.29) is 12.5 Å². The number of fused-ring (bicyclic) bond motifs is 1. The zero-order chi connectivity index (χ0) is 19.2. The Morgan fingerprint density at radius 3 is 2.63 bits per heavy atom. The summed E-state index contributed by atoms with van der Waals surface area (Å²) in [4.78, 5) is 30.2. The maximum atomic E-state index is 12.1. The number of methoxy groups -OCH3 is 1. The summed E-state index contributed by atoms with van der Waals surface area (Å²) in [5.74, 6) is -0.132. The number of carbonyl (C=O) groups is 2. The molecule has 3 rings (SSSR count). The third-order valence-corrected chi connectivity index (χ3v) is 3.60. The molecule has 1 N–H and O–H groups in total. The molecule has 1 aromatic heterocycles. The molecule has 0 aliphatic heterocycles. The maximum absolute atomic E-state index is 12.1. The van der Waals surface area contributed by atoms with Crippen molar-refractivity contribution < 1.29 is 23.9 Å². The fourth-order valence-corrected chi connectivity index (χ4v) is 2.36. The highest BCUT2D eigenvalue weighted by molar-refractivity contribution is 5.93. The lowest BCUT2D eigenvalue weighted by Gasteiger charge is -2.08. The van der Waals surface area contributed by atoms with Gasteiger partial charge < -0.3 is 19.6 Å². The smallest absolute Gasteiger partial charge is 0.337 e. The van der Waals surface area contributed by atoms with Crippen molar-refractivity contribution in [2.45, 2.75) is 6.92 Å². The lowest BCUT2D eigenvalue weighted by atomic mass is 10.2. The molecule has 2 aromatic carbocycles. The number of carbonyl (C=O) groups excluding carboxylic acids is 2. The quantitative estimate of drug-likeness (QED) is 0.631. The van der Waals surface area contributed by atoms with Gasteiger partial charge in [-0.2, -0.15) is 0 Å². The van der Waals surface area contributed by atoms with Crippen molar-refractivity contribution in [3.05, 3.63) is 48.0 Å². The van der Waals surface area contributed by atoms with E-state index in [1.165, 1.54) is 13.2 Å². The van der Waals surface area contributed by atoms with Gasteiger partial charge in [-0.05, 0) is 54.6 Å². The van der Waals surface area contributed by atoms with Crippen LogP contribution in [0.1, 0.15) is 17.3 Å². The van der Waals surface area contributed by atoms with Gasteiger partial charge in [0.1, 0.15) is 16.8 Å². The van der Waals surface area contributed by atoms with Gasteiger partial charge >= 0.3 is 5.97 Å². The van der Waals surface area contributed by atoms with Crippen molar-refractivity contribution in [2.24, 2.45) is 0 Å². The van der Waals surface area contributed by atoms with Gasteiger partial charge in [0, 0.05) is 5.69 Å². The van der Waals surface area contributed by atoms with E-state index in [1.807, 2.05) is 6.92 Å². The molecule has 9 nitrogen and oxygen atoms in total. The molecule has 0 fully saturated rings. The molecule has 1 amide bonds. The Bertz CT molecular complexity index is 952. The summed E-state index contributed by atoms with van der Waals surface area (Å²) in [5.41, 5.74) is 1.92. The summed E-state index contributed by atoms with van der Waals surface area (Å²) >= 11 is 0. The number of ether oxygens (including phenoxy) is 2. The molecular weight excluding hydrogens is 352 g/mol. The molecule has 0 aliphatic rings. The first-order chi connectivity index (χ1) is 13.1. The molecule has 9 heteroatoms. The summed E-state index contributed by atoms with van der Waals surface area (Å²) in [7, 11) is 1.30. The van der Waals surface area contributed by atoms with Gasteiger partial charge in [0.25, 0.3) is 5.91 Å². The standard InChI is InChI=1S/C18H18N4O5/c1-3-26-14-7-5-13(6-8-14)19-17(23)11-27-22-16-10-12(18(24)25-2)4-9-15(16)20-21-22/h4-10H,3,11H2,1-2H3,(H,19,23). The minimum Gasteiger partial charge on any atom is -0.494 e. The minimum atomic E-state index is -0.488. The predicted octanol–water partition coefficient (Wildman–Crippen LogP) is 1.68. The number of hydrogen-bond donors (Lipinski definition) is 1. The number of esters is 1. The van der Waals surface area contributed by atoms with Crippen LogP contribution in [0.4, 0.5) is 5.69 Å². The Morgan fingerprint density at radius 2 is 1.93 bits per heavy atom. The normalized spacial score (nSPS) is 10.4. The molecule has 0 bridgehead atoms. The van der Waals surface area contributed by atoms with Crippen molar-refractivity contribution in [3.63, 3.8) is 0 Å². The van der Waals surface area contributed by atoms with Crippen LogP contribution in [0.3, 0.4) is 0 Å². The predicted molar refractivity (Wildman–Crippen MR) is 96.6 cm³/mol. The minimum absolute atomic E-state index is 0.284. The summed E-state index contributed by atoms with van der Waals surface area (Å²) in [5, 5.41) is 10.5. The molecule has 0 saturated heterocycles. The average Bonchev–Trinajstić information content (AvgIpc) is 3.09. The molecule has 0 spiro atoms. The van der Waals surface area contributed by atoms with E-state index in [2.05, 4.69) is 20.4 Å². The Hall–Kier alpha value is -3.62. The number of benzene rings is 2. The van der Waals surface area contributed by atoms with E-state index in [0.717, 1.165) is 10.6 Å². The molecule has 0 saturated carbocycles. The number of nitrogens with zero attached hydrogens (tertiary/aromatic N) is 3. The van der Waals surface area contributed by atoms with Crippen molar-refractivity contribution >= 4 is 28.6 Å². The molecule has 3 aromatic rings. The maximum Gasteiger partial charge on any atom is 0.337 e. The van der Waals surface area contributed by atoms with E-state index in [9.17, 15) is 9.59 Å². The summed E-state index contributed by atoms with van der Waals surface area (Å²) in [6.07, 6.45) is 0. The van der Waals surface area contributed by atoms with Gasteiger partial charge in [0.15, 0.2) is 6.61 Å². The Labute approximate surface area is 154 Å². The average molecular weight is 370 g/mol. The summed E-state index contributed by atoms with van der Waals surface area (Å²) < 4.78 is 10.0. The first-order valence-electron chi connectivity index (χ1n) is 8.20. The lowest BCUT2D eigenvalue weighted by Crippen LogP contribution is -2.26. The van der Waals surface area contributed by atoms with Crippen LogP contribution in [0.15, 0.2) is 42.5 Å². The topological polar surface area (TPSA) is 105 Å². The number of anilines is 1. The van der Waals surface area contributed by atoms with Crippen LogP contribution in [0.25, 0.3) is 11.0 Å². The van der Waals surface area contributed by atoms with Crippen molar-refractivity contribution in [1.29, 1.82) is 0 Å². The van der Waals surface area contributed by atoms with Crippen molar-refractivity contribution in [1.82, 2.24) is 15.2 Å². The van der Waals surface area contributed by atoms with E-state index in [0.29, 0.717) is 28.9 Å². The van der Waals surface area contributed by atoms with E-state index in [4.69, 9.17) is 9.57 Å². The van der Waals surface area contributed by atoms with Gasteiger partial charge in [-0.25, -0.2) is 4.79 Å². The van der Waals surface area contributed by atoms with Crippen molar-refractivity contribution in [2.75, 3.05) is 25.6 Å². The van der Waals surface area contributed by atoms with Crippen LogP contribution in [-0.4, -0.2) is 47.4 Å². The highest BCUT2D eigenvalue weighted by Crippen LogP contribution is 2.16. The monoisotopic (exact) mass is 370 g/mol. The molecule has 0 aliphatic carbocycles. The Morgan fingerprint density at radius 1 is 1.15 bits per heavy atom. The third kappa shape index (κ3) is 4.32. The van der Waals surface area contributed by atoms with E-state index in [1.54, 1.807) is 36.4 Å². The highest BCUT2D eigenvalue weighted by atomic mass is 16.7. The van der Waals surface area contributed by atoms with Crippen LogP contribution in [-0.2, 0) is 9.53 Å². The van der Waals surface area contributed by atoms with Crippen LogP contribution >= 0.6 is 0 Å². The highest BCUT2D eigenvalue weighted by Gasteiger charge is 2.12. The zero-order valence-electron chi connectivity index (χ0n) is 14.8. The molecule has 140 valence electrons. The molecule has 0 unspecified atom stereocenters. The first-order valence-corrected chi connectivity index (χ1v) is 8.20. The number of aromatic nitrogens is 3. The van der Waals surface area contributed by atoms with Gasteiger partial charge in [-0.1, -0.05) is 4.85 Å². The fourth-order valence-electron chi connectivity index (χ4n) is 2.36. The second-order valence-electron chi connectivity index (χ2n) is 5.44. The van der Waals surface area contributed by atoms with Crippen LogP contribution in [0.5, 0.6) is 5.75 Å².